The molecule has 9 heteroatoms. The summed E-state index contributed by atoms with van der Waals surface area (Å²) in [4.78, 5) is 27.6. The number of benzene rings is 2. The lowest BCUT2D eigenvalue weighted by Crippen LogP contribution is -2.51. The SMILES string of the molecule is COc1cccc(CN(C(=O)CN(C)S(=O)(=O)c2ccc(C)cc2)C(C)C(=O)NCC(C)C)c1. The van der Waals surface area contributed by atoms with Crippen molar-refractivity contribution in [1.82, 2.24) is 14.5 Å². The fourth-order valence-corrected chi connectivity index (χ4v) is 4.38. The number of aryl methyl sites for hydroxylation is 1. The molecule has 0 aliphatic carbocycles. The third-order valence-electron chi connectivity index (χ3n) is 5.43. The third kappa shape index (κ3) is 7.30. The molecule has 0 spiro atoms. The standard InChI is InChI=1S/C25H35N3O5S/c1-18(2)15-26-25(30)20(4)28(16-21-8-7-9-22(14-21)33-6)24(29)17-27(5)34(31,32)23-12-10-19(3)11-13-23/h7-14,18,20H,15-17H2,1-6H3,(H,26,30). The maximum Gasteiger partial charge on any atom is 0.243 e. The van der Waals surface area contributed by atoms with Crippen LogP contribution in [-0.2, 0) is 26.2 Å². The molecule has 0 bridgehead atoms. The summed E-state index contributed by atoms with van der Waals surface area (Å²) in [6, 6.07) is 12.8. The van der Waals surface area contributed by atoms with Gasteiger partial charge in [0.2, 0.25) is 21.8 Å². The van der Waals surface area contributed by atoms with Gasteiger partial charge in [0.15, 0.2) is 0 Å². The molecular formula is C25H35N3O5S. The molecule has 0 fully saturated rings. The molecule has 1 atom stereocenters. The first kappa shape index (κ1) is 27.3. The molecule has 0 saturated heterocycles. The fraction of sp³-hybridized carbons (Fsp3) is 0.440. The lowest BCUT2D eigenvalue weighted by Gasteiger charge is -2.30. The lowest BCUT2D eigenvalue weighted by molar-refractivity contribution is -0.140. The molecule has 2 aromatic carbocycles. The minimum atomic E-state index is -3.87. The van der Waals surface area contributed by atoms with Gasteiger partial charge in [0.25, 0.3) is 0 Å². The van der Waals surface area contributed by atoms with E-state index in [1.165, 1.54) is 24.1 Å². The van der Waals surface area contributed by atoms with Gasteiger partial charge in [-0.1, -0.05) is 43.7 Å². The van der Waals surface area contributed by atoms with Crippen molar-refractivity contribution in [3.8, 4) is 5.75 Å². The maximum atomic E-state index is 13.3. The van der Waals surface area contributed by atoms with E-state index in [2.05, 4.69) is 5.32 Å². The van der Waals surface area contributed by atoms with E-state index in [9.17, 15) is 18.0 Å². The number of amides is 2. The maximum absolute atomic E-state index is 13.3. The van der Waals surface area contributed by atoms with Crippen molar-refractivity contribution >= 4 is 21.8 Å². The fourth-order valence-electron chi connectivity index (χ4n) is 3.26. The Hall–Kier alpha value is -2.91. The summed E-state index contributed by atoms with van der Waals surface area (Å²) in [5, 5.41) is 2.85. The molecule has 0 heterocycles. The van der Waals surface area contributed by atoms with Crippen LogP contribution in [0.15, 0.2) is 53.4 Å². The van der Waals surface area contributed by atoms with Crippen LogP contribution in [0.25, 0.3) is 0 Å². The Morgan fingerprint density at radius 3 is 2.29 bits per heavy atom. The molecule has 186 valence electrons. The van der Waals surface area contributed by atoms with Crippen LogP contribution in [0.2, 0.25) is 0 Å². The van der Waals surface area contributed by atoms with Crippen molar-refractivity contribution in [2.75, 3.05) is 27.2 Å². The Morgan fingerprint density at radius 2 is 1.71 bits per heavy atom. The summed E-state index contributed by atoms with van der Waals surface area (Å²) in [5.74, 6) is 0.104. The van der Waals surface area contributed by atoms with Crippen LogP contribution in [0.4, 0.5) is 0 Å². The second-order valence-electron chi connectivity index (χ2n) is 8.76. The number of methoxy groups -OCH3 is 1. The molecule has 0 saturated carbocycles. The van der Waals surface area contributed by atoms with Crippen LogP contribution >= 0.6 is 0 Å². The first-order valence-electron chi connectivity index (χ1n) is 11.2. The molecule has 0 aromatic heterocycles. The van der Waals surface area contributed by atoms with Gasteiger partial charge in [-0.2, -0.15) is 4.31 Å². The van der Waals surface area contributed by atoms with Crippen molar-refractivity contribution < 1.29 is 22.7 Å². The van der Waals surface area contributed by atoms with Crippen molar-refractivity contribution in [3.05, 3.63) is 59.7 Å². The predicted octanol–water partition coefficient (Wildman–Crippen LogP) is 2.81. The van der Waals surface area contributed by atoms with E-state index in [-0.39, 0.29) is 23.3 Å². The number of nitrogens with zero attached hydrogens (tertiary/aromatic N) is 2. The summed E-state index contributed by atoms with van der Waals surface area (Å²) in [6.45, 7) is 7.68. The van der Waals surface area contributed by atoms with E-state index in [0.717, 1.165) is 15.4 Å². The van der Waals surface area contributed by atoms with Gasteiger partial charge in [-0.05, 0) is 49.6 Å². The van der Waals surface area contributed by atoms with Gasteiger partial charge in [0.1, 0.15) is 11.8 Å². The number of rotatable bonds is 11. The number of hydrogen-bond acceptors (Lipinski definition) is 5. The predicted molar refractivity (Wildman–Crippen MR) is 132 cm³/mol. The van der Waals surface area contributed by atoms with Crippen molar-refractivity contribution in [2.24, 2.45) is 5.92 Å². The van der Waals surface area contributed by atoms with E-state index in [4.69, 9.17) is 4.74 Å². The molecule has 8 nitrogen and oxygen atoms in total. The van der Waals surface area contributed by atoms with E-state index in [1.54, 1.807) is 44.4 Å². The molecule has 0 aliphatic rings. The summed E-state index contributed by atoms with van der Waals surface area (Å²) in [7, 11) is -0.958. The molecular weight excluding hydrogens is 454 g/mol. The molecule has 2 amide bonds. The van der Waals surface area contributed by atoms with Crippen LogP contribution in [-0.4, -0.2) is 62.7 Å². The number of nitrogens with one attached hydrogen (secondary N) is 1. The number of sulfonamides is 1. The molecule has 0 radical (unpaired) electrons. The highest BCUT2D eigenvalue weighted by Gasteiger charge is 2.30. The highest BCUT2D eigenvalue weighted by atomic mass is 32.2. The zero-order valence-electron chi connectivity index (χ0n) is 20.7. The number of carbonyl (C=O) groups excluding carboxylic acids is 2. The van der Waals surface area contributed by atoms with E-state index in [1.807, 2.05) is 26.8 Å². The van der Waals surface area contributed by atoms with Crippen molar-refractivity contribution in [2.45, 2.75) is 45.2 Å². The largest absolute Gasteiger partial charge is 0.497 e. The normalized spacial score (nSPS) is 12.5. The average molecular weight is 490 g/mol. The smallest absolute Gasteiger partial charge is 0.243 e. The zero-order valence-corrected chi connectivity index (χ0v) is 21.6. The highest BCUT2D eigenvalue weighted by molar-refractivity contribution is 7.89. The first-order valence-corrected chi connectivity index (χ1v) is 12.6. The van der Waals surface area contributed by atoms with Gasteiger partial charge < -0.3 is 15.0 Å². The number of ether oxygens (including phenoxy) is 1. The minimum absolute atomic E-state index is 0.107. The average Bonchev–Trinajstić information content (AvgIpc) is 2.80. The Labute approximate surface area is 202 Å². The van der Waals surface area contributed by atoms with Crippen LogP contribution < -0.4 is 10.1 Å². The molecule has 34 heavy (non-hydrogen) atoms. The van der Waals surface area contributed by atoms with Gasteiger partial charge in [0.05, 0.1) is 18.6 Å². The summed E-state index contributed by atoms with van der Waals surface area (Å²) in [5.41, 5.74) is 1.70. The zero-order chi connectivity index (χ0) is 25.5. The van der Waals surface area contributed by atoms with E-state index >= 15 is 0 Å². The van der Waals surface area contributed by atoms with Crippen LogP contribution in [0.3, 0.4) is 0 Å². The Bertz CT molecular complexity index is 1080. The number of hydrogen-bond donors (Lipinski definition) is 1. The lowest BCUT2D eigenvalue weighted by atomic mass is 10.1. The Kier molecular flexibility index (Phi) is 9.64. The van der Waals surface area contributed by atoms with Crippen LogP contribution in [0.5, 0.6) is 5.75 Å². The molecule has 2 aromatic rings. The monoisotopic (exact) mass is 489 g/mol. The van der Waals surface area contributed by atoms with E-state index in [0.29, 0.717) is 12.3 Å². The minimum Gasteiger partial charge on any atom is -0.497 e. The van der Waals surface area contributed by atoms with Gasteiger partial charge in [-0.15, -0.1) is 0 Å². The summed E-state index contributed by atoms with van der Waals surface area (Å²) in [6.07, 6.45) is 0. The molecule has 1 N–H and O–H groups in total. The van der Waals surface area contributed by atoms with E-state index < -0.39 is 28.5 Å². The van der Waals surface area contributed by atoms with Gasteiger partial charge >= 0.3 is 0 Å². The summed E-state index contributed by atoms with van der Waals surface area (Å²) >= 11 is 0. The molecule has 2 rings (SSSR count). The highest BCUT2D eigenvalue weighted by Crippen LogP contribution is 2.18. The van der Waals surface area contributed by atoms with Crippen molar-refractivity contribution in [3.63, 3.8) is 0 Å². The second-order valence-corrected chi connectivity index (χ2v) is 10.8. The Balaban J connectivity index is 2.27. The first-order chi connectivity index (χ1) is 15.9. The van der Waals surface area contributed by atoms with Crippen LogP contribution in [0, 0.1) is 12.8 Å². The third-order valence-corrected chi connectivity index (χ3v) is 7.24. The number of carbonyl (C=O) groups is 2. The Morgan fingerprint density at radius 1 is 1.06 bits per heavy atom. The van der Waals surface area contributed by atoms with Gasteiger partial charge in [0, 0.05) is 20.1 Å². The quantitative estimate of drug-likeness (QED) is 0.524. The van der Waals surface area contributed by atoms with Gasteiger partial charge in [-0.3, -0.25) is 9.59 Å². The molecule has 1 unspecified atom stereocenters. The second kappa shape index (κ2) is 12.0. The number of likely N-dealkylation sites (N-methyl/N-ethyl adjacent to an activating group) is 1. The van der Waals surface area contributed by atoms with Gasteiger partial charge in [-0.25, -0.2) is 8.42 Å². The van der Waals surface area contributed by atoms with Crippen LogP contribution in [0.1, 0.15) is 31.9 Å². The van der Waals surface area contributed by atoms with Crippen molar-refractivity contribution in [1.29, 1.82) is 0 Å². The topological polar surface area (TPSA) is 96.0 Å². The summed E-state index contributed by atoms with van der Waals surface area (Å²) < 4.78 is 32.2. The molecule has 0 aliphatic heterocycles.